The number of amides is 1. The van der Waals surface area contributed by atoms with Crippen LogP contribution in [0.5, 0.6) is 17.2 Å². The van der Waals surface area contributed by atoms with Gasteiger partial charge in [0.15, 0.2) is 23.1 Å². The Morgan fingerprint density at radius 2 is 1.63 bits per heavy atom. The van der Waals surface area contributed by atoms with Crippen molar-refractivity contribution in [3.8, 4) is 17.2 Å². The van der Waals surface area contributed by atoms with Gasteiger partial charge in [0.05, 0.1) is 19.7 Å². The molecule has 2 N–H and O–H groups in total. The molecular formula is C28H28FN5O4. The zero-order chi connectivity index (χ0) is 26.6. The summed E-state index contributed by atoms with van der Waals surface area (Å²) in [6.07, 6.45) is 0. The summed E-state index contributed by atoms with van der Waals surface area (Å²) in [5.41, 5.74) is 8.06. The number of ether oxygens (including phenoxy) is 3. The summed E-state index contributed by atoms with van der Waals surface area (Å²) in [5.74, 6) is 1.18. The standard InChI is InChI=1S/C28H28FN5O4/c1-36-24-15-20-22(16-25(24)37-2)31-28(32-26(20)30)34-12-10-33(11-13-34)27(35)19-8-9-23(21(29)14-19)38-17-18-6-4-3-5-7-18/h3-9,14-16H,10-13,17H2,1-2H3,(H2,30,31,32). The predicted octanol–water partition coefficient (Wildman–Crippen LogP) is 3.91. The minimum absolute atomic E-state index is 0.107. The van der Waals surface area contributed by atoms with Gasteiger partial charge in [-0.15, -0.1) is 0 Å². The number of benzene rings is 3. The number of methoxy groups -OCH3 is 2. The Hall–Kier alpha value is -4.60. The van der Waals surface area contributed by atoms with E-state index in [2.05, 4.69) is 9.97 Å². The van der Waals surface area contributed by atoms with Crippen LogP contribution in [0, 0.1) is 5.82 Å². The zero-order valence-corrected chi connectivity index (χ0v) is 21.2. The lowest BCUT2D eigenvalue weighted by atomic mass is 10.1. The highest BCUT2D eigenvalue weighted by atomic mass is 19.1. The molecule has 1 aromatic heterocycles. The first-order valence-corrected chi connectivity index (χ1v) is 12.2. The van der Waals surface area contributed by atoms with Crippen LogP contribution in [0.15, 0.2) is 60.7 Å². The molecule has 0 saturated carbocycles. The molecule has 4 aromatic rings. The Balaban J connectivity index is 1.24. The Morgan fingerprint density at radius 1 is 0.921 bits per heavy atom. The monoisotopic (exact) mass is 517 g/mol. The maximum absolute atomic E-state index is 14.7. The van der Waals surface area contributed by atoms with Crippen LogP contribution < -0.4 is 24.8 Å². The van der Waals surface area contributed by atoms with Crippen molar-refractivity contribution in [1.82, 2.24) is 14.9 Å². The van der Waals surface area contributed by atoms with Gasteiger partial charge < -0.3 is 29.7 Å². The average molecular weight is 518 g/mol. The van der Waals surface area contributed by atoms with Gasteiger partial charge in [-0.3, -0.25) is 4.79 Å². The van der Waals surface area contributed by atoms with E-state index in [1.54, 1.807) is 37.3 Å². The molecule has 3 aromatic carbocycles. The van der Waals surface area contributed by atoms with E-state index < -0.39 is 5.82 Å². The second-order valence-electron chi connectivity index (χ2n) is 8.83. The molecule has 0 unspecified atom stereocenters. The first kappa shape index (κ1) is 25.1. The molecule has 0 spiro atoms. The summed E-state index contributed by atoms with van der Waals surface area (Å²) in [6.45, 7) is 2.12. The minimum atomic E-state index is -0.572. The van der Waals surface area contributed by atoms with Gasteiger partial charge in [-0.2, -0.15) is 4.98 Å². The van der Waals surface area contributed by atoms with E-state index in [1.807, 2.05) is 35.2 Å². The molecule has 0 bridgehead atoms. The number of aromatic nitrogens is 2. The van der Waals surface area contributed by atoms with Crippen LogP contribution in [0.2, 0.25) is 0 Å². The molecule has 0 radical (unpaired) electrons. The summed E-state index contributed by atoms with van der Waals surface area (Å²) >= 11 is 0. The largest absolute Gasteiger partial charge is 0.493 e. The minimum Gasteiger partial charge on any atom is -0.493 e. The molecule has 1 fully saturated rings. The Labute approximate surface area is 219 Å². The first-order chi connectivity index (χ1) is 18.5. The fourth-order valence-corrected chi connectivity index (χ4v) is 4.39. The fourth-order valence-electron chi connectivity index (χ4n) is 4.39. The molecule has 38 heavy (non-hydrogen) atoms. The number of hydrogen-bond donors (Lipinski definition) is 1. The van der Waals surface area contributed by atoms with Crippen LogP contribution >= 0.6 is 0 Å². The van der Waals surface area contributed by atoms with Crippen LogP contribution in [-0.2, 0) is 6.61 Å². The SMILES string of the molecule is COc1cc2nc(N3CCN(C(=O)c4ccc(OCc5ccccc5)c(F)c4)CC3)nc(N)c2cc1OC. The second kappa shape index (κ2) is 10.8. The van der Waals surface area contributed by atoms with E-state index in [0.717, 1.165) is 5.56 Å². The van der Waals surface area contributed by atoms with E-state index in [4.69, 9.17) is 19.9 Å². The van der Waals surface area contributed by atoms with Crippen LogP contribution in [0.3, 0.4) is 0 Å². The highest BCUT2D eigenvalue weighted by Gasteiger charge is 2.25. The molecule has 1 saturated heterocycles. The molecule has 1 aliphatic rings. The lowest BCUT2D eigenvalue weighted by molar-refractivity contribution is 0.0745. The van der Waals surface area contributed by atoms with Crippen molar-refractivity contribution in [3.05, 3.63) is 77.6 Å². The first-order valence-electron chi connectivity index (χ1n) is 12.2. The van der Waals surface area contributed by atoms with Crippen molar-refractivity contribution in [2.24, 2.45) is 0 Å². The van der Waals surface area contributed by atoms with Gasteiger partial charge >= 0.3 is 0 Å². The topological polar surface area (TPSA) is 103 Å². The van der Waals surface area contributed by atoms with Crippen molar-refractivity contribution < 1.29 is 23.4 Å². The third kappa shape index (κ3) is 5.10. The molecule has 0 atom stereocenters. The normalized spacial score (nSPS) is 13.4. The number of carbonyl (C=O) groups is 1. The van der Waals surface area contributed by atoms with Crippen LogP contribution in [0.4, 0.5) is 16.2 Å². The summed E-state index contributed by atoms with van der Waals surface area (Å²) in [4.78, 5) is 25.9. The van der Waals surface area contributed by atoms with E-state index in [9.17, 15) is 9.18 Å². The predicted molar refractivity (Wildman–Crippen MR) is 142 cm³/mol. The number of fused-ring (bicyclic) bond motifs is 1. The molecule has 10 heteroatoms. The Bertz CT molecular complexity index is 1460. The smallest absolute Gasteiger partial charge is 0.254 e. The van der Waals surface area contributed by atoms with Gasteiger partial charge in [0.1, 0.15) is 12.4 Å². The number of nitrogens with zero attached hydrogens (tertiary/aromatic N) is 4. The van der Waals surface area contributed by atoms with E-state index in [-0.39, 0.29) is 23.8 Å². The lowest BCUT2D eigenvalue weighted by Gasteiger charge is -2.35. The van der Waals surface area contributed by atoms with Crippen molar-refractivity contribution in [2.45, 2.75) is 6.61 Å². The van der Waals surface area contributed by atoms with Gasteiger partial charge in [0.2, 0.25) is 5.95 Å². The molecule has 9 nitrogen and oxygen atoms in total. The second-order valence-corrected chi connectivity index (χ2v) is 8.83. The van der Waals surface area contributed by atoms with Crippen LogP contribution in [-0.4, -0.2) is 61.2 Å². The zero-order valence-electron chi connectivity index (χ0n) is 21.2. The lowest BCUT2D eigenvalue weighted by Crippen LogP contribution is -2.49. The quantitative estimate of drug-likeness (QED) is 0.394. The van der Waals surface area contributed by atoms with Crippen molar-refractivity contribution >= 4 is 28.6 Å². The maximum atomic E-state index is 14.7. The number of rotatable bonds is 7. The molecule has 196 valence electrons. The average Bonchev–Trinajstić information content (AvgIpc) is 2.96. The Kier molecular flexibility index (Phi) is 7.12. The maximum Gasteiger partial charge on any atom is 0.254 e. The van der Waals surface area contributed by atoms with E-state index in [1.165, 1.54) is 12.1 Å². The number of halogens is 1. The molecule has 0 aliphatic carbocycles. The summed E-state index contributed by atoms with van der Waals surface area (Å²) in [6, 6.07) is 17.3. The van der Waals surface area contributed by atoms with Gasteiger partial charge in [-0.25, -0.2) is 9.37 Å². The van der Waals surface area contributed by atoms with Gasteiger partial charge in [-0.1, -0.05) is 30.3 Å². The number of carbonyl (C=O) groups excluding carboxylic acids is 1. The van der Waals surface area contributed by atoms with Crippen molar-refractivity contribution in [1.29, 1.82) is 0 Å². The van der Waals surface area contributed by atoms with E-state index >= 15 is 0 Å². The van der Waals surface area contributed by atoms with Crippen LogP contribution in [0.1, 0.15) is 15.9 Å². The molecule has 1 amide bonds. The van der Waals surface area contributed by atoms with E-state index in [0.29, 0.717) is 60.3 Å². The fraction of sp³-hybridized carbons (Fsp3) is 0.250. The van der Waals surface area contributed by atoms with Crippen molar-refractivity contribution in [2.75, 3.05) is 51.0 Å². The number of anilines is 2. The highest BCUT2D eigenvalue weighted by molar-refractivity contribution is 5.94. The molecule has 5 rings (SSSR count). The van der Waals surface area contributed by atoms with Crippen LogP contribution in [0.25, 0.3) is 10.9 Å². The number of piperazine rings is 1. The molecule has 2 heterocycles. The summed E-state index contributed by atoms with van der Waals surface area (Å²) in [7, 11) is 3.11. The highest BCUT2D eigenvalue weighted by Crippen LogP contribution is 2.34. The van der Waals surface area contributed by atoms with Gasteiger partial charge in [-0.05, 0) is 29.8 Å². The van der Waals surface area contributed by atoms with Gasteiger partial charge in [0.25, 0.3) is 5.91 Å². The molecule has 1 aliphatic heterocycles. The number of nitrogens with two attached hydrogens (primary N) is 1. The number of nitrogen functional groups attached to an aromatic ring is 1. The number of hydrogen-bond acceptors (Lipinski definition) is 8. The van der Waals surface area contributed by atoms with Crippen molar-refractivity contribution in [3.63, 3.8) is 0 Å². The third-order valence-electron chi connectivity index (χ3n) is 6.48. The third-order valence-corrected chi connectivity index (χ3v) is 6.48. The van der Waals surface area contributed by atoms with Gasteiger partial charge in [0, 0.05) is 43.2 Å². The summed E-state index contributed by atoms with van der Waals surface area (Å²) in [5, 5.41) is 0.665. The molecular weight excluding hydrogens is 489 g/mol. The summed E-state index contributed by atoms with van der Waals surface area (Å²) < 4.78 is 31.0. The Morgan fingerprint density at radius 3 is 2.32 bits per heavy atom.